The molecule has 1 amide bonds. The number of benzene rings is 1. The van der Waals surface area contributed by atoms with Crippen LogP contribution >= 0.6 is 0 Å². The summed E-state index contributed by atoms with van der Waals surface area (Å²) in [5.41, 5.74) is 0.744. The highest BCUT2D eigenvalue weighted by Crippen LogP contribution is 2.21. The summed E-state index contributed by atoms with van der Waals surface area (Å²) in [6.45, 7) is 5.22. The lowest BCUT2D eigenvalue weighted by Crippen LogP contribution is -2.27. The number of nitrogens with one attached hydrogen (secondary N) is 1. The molecule has 1 rings (SSSR count). The molecule has 0 saturated heterocycles. The van der Waals surface area contributed by atoms with E-state index in [2.05, 4.69) is 5.32 Å². The molecule has 2 N–H and O–H groups in total. The molecule has 1 atom stereocenters. The van der Waals surface area contributed by atoms with Crippen LogP contribution in [0.2, 0.25) is 0 Å². The molecule has 0 bridgehead atoms. The number of rotatable bonds is 6. The molecular formula is C14H19NO4. The van der Waals surface area contributed by atoms with E-state index < -0.39 is 12.0 Å². The van der Waals surface area contributed by atoms with Crippen LogP contribution in [0.15, 0.2) is 24.3 Å². The Morgan fingerprint density at radius 3 is 2.26 bits per heavy atom. The van der Waals surface area contributed by atoms with Gasteiger partial charge in [-0.05, 0) is 31.5 Å². The van der Waals surface area contributed by atoms with Crippen molar-refractivity contribution in [3.63, 3.8) is 0 Å². The number of carboxylic acid groups (broad SMARTS) is 1. The molecule has 104 valence electrons. The van der Waals surface area contributed by atoms with Crippen LogP contribution in [0.25, 0.3) is 0 Å². The summed E-state index contributed by atoms with van der Waals surface area (Å²) in [4.78, 5) is 21.9. The number of hydrogen-bond donors (Lipinski definition) is 2. The van der Waals surface area contributed by atoms with Crippen molar-refractivity contribution in [2.75, 3.05) is 0 Å². The van der Waals surface area contributed by atoms with Crippen molar-refractivity contribution in [3.05, 3.63) is 29.8 Å². The van der Waals surface area contributed by atoms with Crippen molar-refractivity contribution < 1.29 is 19.4 Å². The molecule has 0 spiro atoms. The molecule has 5 nitrogen and oxygen atoms in total. The zero-order valence-electron chi connectivity index (χ0n) is 11.3. The van der Waals surface area contributed by atoms with Crippen LogP contribution in [0.1, 0.15) is 38.8 Å². The van der Waals surface area contributed by atoms with Gasteiger partial charge in [-0.3, -0.25) is 9.59 Å². The number of hydrogen-bond acceptors (Lipinski definition) is 3. The lowest BCUT2D eigenvalue weighted by Gasteiger charge is -2.17. The third-order valence-corrected chi connectivity index (χ3v) is 2.41. The summed E-state index contributed by atoms with van der Waals surface area (Å²) in [5, 5.41) is 11.5. The third kappa shape index (κ3) is 5.42. The first kappa shape index (κ1) is 15.0. The summed E-state index contributed by atoms with van der Waals surface area (Å²) in [7, 11) is 0. The summed E-state index contributed by atoms with van der Waals surface area (Å²) in [6.07, 6.45) is -0.0692. The van der Waals surface area contributed by atoms with E-state index in [0.717, 1.165) is 11.3 Å². The van der Waals surface area contributed by atoms with Crippen LogP contribution in [0.4, 0.5) is 0 Å². The Balaban J connectivity index is 2.83. The predicted molar refractivity (Wildman–Crippen MR) is 71.0 cm³/mol. The minimum absolute atomic E-state index is 0.0796. The lowest BCUT2D eigenvalue weighted by molar-refractivity contribution is -0.137. The molecule has 0 radical (unpaired) electrons. The Hall–Kier alpha value is -2.04. The van der Waals surface area contributed by atoms with E-state index in [1.54, 1.807) is 24.3 Å². The molecule has 0 heterocycles. The van der Waals surface area contributed by atoms with Crippen LogP contribution in [0, 0.1) is 0 Å². The lowest BCUT2D eigenvalue weighted by atomic mass is 10.0. The first-order valence-corrected chi connectivity index (χ1v) is 6.14. The van der Waals surface area contributed by atoms with Crippen LogP contribution in [0.3, 0.4) is 0 Å². The summed E-state index contributed by atoms with van der Waals surface area (Å²) >= 11 is 0. The van der Waals surface area contributed by atoms with Gasteiger partial charge in [-0.25, -0.2) is 0 Å². The highest BCUT2D eigenvalue weighted by molar-refractivity contribution is 5.75. The van der Waals surface area contributed by atoms with Gasteiger partial charge in [0, 0.05) is 6.92 Å². The van der Waals surface area contributed by atoms with Gasteiger partial charge in [0.15, 0.2) is 0 Å². The minimum Gasteiger partial charge on any atom is -0.491 e. The molecule has 19 heavy (non-hydrogen) atoms. The number of carbonyl (C=O) groups excluding carboxylic acids is 1. The van der Waals surface area contributed by atoms with Crippen molar-refractivity contribution in [2.45, 2.75) is 39.3 Å². The number of carboxylic acids is 1. The van der Waals surface area contributed by atoms with Gasteiger partial charge in [0.2, 0.25) is 5.91 Å². The van der Waals surface area contributed by atoms with Gasteiger partial charge in [0.05, 0.1) is 18.6 Å². The fourth-order valence-corrected chi connectivity index (χ4v) is 1.72. The topological polar surface area (TPSA) is 75.6 Å². The highest BCUT2D eigenvalue weighted by Gasteiger charge is 2.16. The third-order valence-electron chi connectivity index (χ3n) is 2.41. The molecule has 0 aliphatic rings. The number of ether oxygens (including phenoxy) is 1. The molecule has 0 saturated carbocycles. The van der Waals surface area contributed by atoms with E-state index >= 15 is 0 Å². The maximum Gasteiger partial charge on any atom is 0.305 e. The molecule has 0 aliphatic heterocycles. The van der Waals surface area contributed by atoms with Crippen molar-refractivity contribution in [2.24, 2.45) is 0 Å². The quantitative estimate of drug-likeness (QED) is 0.826. The van der Waals surface area contributed by atoms with Gasteiger partial charge in [0.25, 0.3) is 0 Å². The SMILES string of the molecule is CC(=O)N[C@@H](CC(=O)O)c1ccc(OC(C)C)cc1. The Kier molecular flexibility index (Phi) is 5.36. The van der Waals surface area contributed by atoms with Gasteiger partial charge in [0.1, 0.15) is 5.75 Å². The molecule has 5 heteroatoms. The first-order chi connectivity index (χ1) is 8.88. The number of carbonyl (C=O) groups is 2. The first-order valence-electron chi connectivity index (χ1n) is 6.14. The Bertz CT molecular complexity index is 423. The van der Waals surface area contributed by atoms with Crippen LogP contribution in [0.5, 0.6) is 5.75 Å². The van der Waals surface area contributed by atoms with Gasteiger partial charge >= 0.3 is 5.97 Å². The monoisotopic (exact) mass is 265 g/mol. The molecule has 1 aromatic rings. The van der Waals surface area contributed by atoms with E-state index in [4.69, 9.17) is 9.84 Å². The second kappa shape index (κ2) is 6.78. The average Bonchev–Trinajstić information content (AvgIpc) is 2.27. The average molecular weight is 265 g/mol. The fourth-order valence-electron chi connectivity index (χ4n) is 1.72. The second-order valence-electron chi connectivity index (χ2n) is 4.59. The van der Waals surface area contributed by atoms with E-state index in [9.17, 15) is 9.59 Å². The molecule has 0 aliphatic carbocycles. The Morgan fingerprint density at radius 1 is 1.26 bits per heavy atom. The van der Waals surface area contributed by atoms with E-state index in [-0.39, 0.29) is 18.4 Å². The summed E-state index contributed by atoms with van der Waals surface area (Å²) < 4.78 is 5.51. The predicted octanol–water partition coefficient (Wildman–Crippen LogP) is 2.13. The van der Waals surface area contributed by atoms with Crippen LogP contribution in [-0.2, 0) is 9.59 Å². The zero-order valence-corrected chi connectivity index (χ0v) is 11.3. The standard InChI is InChI=1S/C14H19NO4/c1-9(2)19-12-6-4-11(5-7-12)13(8-14(17)18)15-10(3)16/h4-7,9,13H,8H2,1-3H3,(H,15,16)(H,17,18)/t13-/m0/s1. The molecule has 0 unspecified atom stereocenters. The molecule has 0 aromatic heterocycles. The van der Waals surface area contributed by atoms with Crippen LogP contribution < -0.4 is 10.1 Å². The second-order valence-corrected chi connectivity index (χ2v) is 4.59. The van der Waals surface area contributed by atoms with Crippen molar-refractivity contribution in [1.29, 1.82) is 0 Å². The largest absolute Gasteiger partial charge is 0.491 e. The van der Waals surface area contributed by atoms with Crippen LogP contribution in [-0.4, -0.2) is 23.1 Å². The normalized spacial score (nSPS) is 12.0. The van der Waals surface area contributed by atoms with E-state index in [1.807, 2.05) is 13.8 Å². The van der Waals surface area contributed by atoms with Gasteiger partial charge in [-0.1, -0.05) is 12.1 Å². The van der Waals surface area contributed by atoms with Crippen molar-refractivity contribution in [3.8, 4) is 5.75 Å². The Labute approximate surface area is 112 Å². The minimum atomic E-state index is -0.957. The van der Waals surface area contributed by atoms with Gasteiger partial charge < -0.3 is 15.2 Å². The fraction of sp³-hybridized carbons (Fsp3) is 0.429. The summed E-state index contributed by atoms with van der Waals surface area (Å²) in [5.74, 6) is -0.495. The molecule has 1 aromatic carbocycles. The maximum absolute atomic E-state index is 11.1. The Morgan fingerprint density at radius 2 is 1.84 bits per heavy atom. The van der Waals surface area contributed by atoms with Crippen molar-refractivity contribution >= 4 is 11.9 Å². The van der Waals surface area contributed by atoms with Crippen molar-refractivity contribution in [1.82, 2.24) is 5.32 Å². The summed E-state index contributed by atoms with van der Waals surface area (Å²) in [6, 6.07) is 6.55. The maximum atomic E-state index is 11.1. The number of amides is 1. The van der Waals surface area contributed by atoms with E-state index in [0.29, 0.717) is 0 Å². The van der Waals surface area contributed by atoms with Gasteiger partial charge in [-0.2, -0.15) is 0 Å². The smallest absolute Gasteiger partial charge is 0.305 e. The molecular weight excluding hydrogens is 246 g/mol. The zero-order chi connectivity index (χ0) is 14.4. The molecule has 0 fully saturated rings. The van der Waals surface area contributed by atoms with E-state index in [1.165, 1.54) is 6.92 Å². The highest BCUT2D eigenvalue weighted by atomic mass is 16.5. The number of aliphatic carboxylic acids is 1. The van der Waals surface area contributed by atoms with Gasteiger partial charge in [-0.15, -0.1) is 0 Å².